The summed E-state index contributed by atoms with van der Waals surface area (Å²) in [7, 11) is 1.22. The summed E-state index contributed by atoms with van der Waals surface area (Å²) in [5.74, 6) is -3.13. The van der Waals surface area contributed by atoms with Crippen LogP contribution in [0.4, 0.5) is 19.0 Å². The first-order valence-electron chi connectivity index (χ1n) is 7.23. The molecule has 8 heteroatoms. The topological polar surface area (TPSA) is 68.3 Å². The summed E-state index contributed by atoms with van der Waals surface area (Å²) in [5, 5.41) is 2.48. The molecule has 0 spiro atoms. The normalized spacial score (nSPS) is 21.6. The summed E-state index contributed by atoms with van der Waals surface area (Å²) in [4.78, 5) is 27.5. The molecule has 1 aliphatic carbocycles. The predicted octanol–water partition coefficient (Wildman–Crippen LogP) is 3.18. The van der Waals surface area contributed by atoms with Gasteiger partial charge in [-0.05, 0) is 31.4 Å². The fourth-order valence-corrected chi connectivity index (χ4v) is 2.70. The number of rotatable bonds is 3. The summed E-state index contributed by atoms with van der Waals surface area (Å²) in [6.07, 6.45) is -2.34. The summed E-state index contributed by atoms with van der Waals surface area (Å²) >= 11 is 0. The first kappa shape index (κ1) is 17.2. The molecule has 23 heavy (non-hydrogen) atoms. The number of halogens is 3. The molecule has 1 aliphatic rings. The molecule has 126 valence electrons. The van der Waals surface area contributed by atoms with E-state index in [2.05, 4.69) is 15.0 Å². The van der Waals surface area contributed by atoms with E-state index < -0.39 is 29.9 Å². The van der Waals surface area contributed by atoms with Crippen molar-refractivity contribution in [2.45, 2.75) is 31.9 Å². The Morgan fingerprint density at radius 2 is 2.09 bits per heavy atom. The first-order chi connectivity index (χ1) is 10.8. The van der Waals surface area contributed by atoms with E-state index in [0.717, 1.165) is 0 Å². The lowest BCUT2D eigenvalue weighted by molar-refractivity contribution is -0.185. The quantitative estimate of drug-likeness (QED) is 0.864. The second kappa shape index (κ2) is 6.97. The van der Waals surface area contributed by atoms with Gasteiger partial charge in [-0.3, -0.25) is 4.79 Å². The molecule has 0 radical (unpaired) electrons. The molecular weight excluding hydrogens is 313 g/mol. The number of alkyl halides is 3. The van der Waals surface area contributed by atoms with Gasteiger partial charge in [-0.1, -0.05) is 6.42 Å². The van der Waals surface area contributed by atoms with Crippen molar-refractivity contribution in [3.8, 4) is 0 Å². The van der Waals surface area contributed by atoms with Crippen LogP contribution < -0.4 is 5.32 Å². The largest absolute Gasteiger partial charge is 0.465 e. The Morgan fingerprint density at radius 1 is 1.35 bits per heavy atom. The minimum Gasteiger partial charge on any atom is -0.465 e. The van der Waals surface area contributed by atoms with Crippen molar-refractivity contribution in [2.24, 2.45) is 11.8 Å². The Labute approximate surface area is 131 Å². The van der Waals surface area contributed by atoms with Crippen LogP contribution >= 0.6 is 0 Å². The standard InChI is InChI=1S/C15H17F3N2O3/c1-23-14(22)10-5-6-19-12(8-10)20-13(21)9-3-2-4-11(7-9)15(16,17)18/h5-6,8-9,11H,2-4,7H2,1H3,(H,19,20,21). The van der Waals surface area contributed by atoms with E-state index in [1.807, 2.05) is 0 Å². The van der Waals surface area contributed by atoms with Crippen LogP contribution in [-0.4, -0.2) is 30.1 Å². The van der Waals surface area contributed by atoms with Gasteiger partial charge in [0.05, 0.1) is 18.6 Å². The van der Waals surface area contributed by atoms with Crippen LogP contribution in [0.1, 0.15) is 36.0 Å². The number of aromatic nitrogens is 1. The number of esters is 1. The molecule has 1 amide bonds. The average molecular weight is 330 g/mol. The van der Waals surface area contributed by atoms with Gasteiger partial charge in [0.2, 0.25) is 5.91 Å². The fraction of sp³-hybridized carbons (Fsp3) is 0.533. The molecule has 1 fully saturated rings. The van der Waals surface area contributed by atoms with Gasteiger partial charge in [0.1, 0.15) is 5.82 Å². The van der Waals surface area contributed by atoms with Crippen molar-refractivity contribution in [2.75, 3.05) is 12.4 Å². The molecule has 0 saturated heterocycles. The lowest BCUT2D eigenvalue weighted by Crippen LogP contribution is -2.34. The summed E-state index contributed by atoms with van der Waals surface area (Å²) in [5.41, 5.74) is 0.203. The zero-order valence-corrected chi connectivity index (χ0v) is 12.5. The van der Waals surface area contributed by atoms with E-state index >= 15 is 0 Å². The fourth-order valence-electron chi connectivity index (χ4n) is 2.70. The van der Waals surface area contributed by atoms with Crippen LogP contribution in [0.5, 0.6) is 0 Å². The number of hydrogen-bond acceptors (Lipinski definition) is 4. The number of nitrogens with zero attached hydrogens (tertiary/aromatic N) is 1. The third-order valence-electron chi connectivity index (χ3n) is 3.94. The van der Waals surface area contributed by atoms with Gasteiger partial charge in [-0.25, -0.2) is 9.78 Å². The summed E-state index contributed by atoms with van der Waals surface area (Å²) in [6, 6.07) is 2.75. The zero-order chi connectivity index (χ0) is 17.0. The highest BCUT2D eigenvalue weighted by molar-refractivity contribution is 5.94. The lowest BCUT2D eigenvalue weighted by Gasteiger charge is -2.29. The van der Waals surface area contributed by atoms with Crippen molar-refractivity contribution in [3.05, 3.63) is 23.9 Å². The van der Waals surface area contributed by atoms with Gasteiger partial charge in [0, 0.05) is 12.1 Å². The Balaban J connectivity index is 2.03. The van der Waals surface area contributed by atoms with Gasteiger partial charge in [-0.15, -0.1) is 0 Å². The van der Waals surface area contributed by atoms with Crippen LogP contribution in [0.25, 0.3) is 0 Å². The molecule has 1 aromatic heterocycles. The number of carbonyl (C=O) groups excluding carboxylic acids is 2. The molecular formula is C15H17F3N2O3. The molecule has 2 unspecified atom stereocenters. The second-order valence-electron chi connectivity index (χ2n) is 5.51. The maximum Gasteiger partial charge on any atom is 0.391 e. The highest BCUT2D eigenvalue weighted by atomic mass is 19.4. The molecule has 0 bridgehead atoms. The monoisotopic (exact) mass is 330 g/mol. The molecule has 1 aromatic rings. The minimum atomic E-state index is -4.28. The van der Waals surface area contributed by atoms with Gasteiger partial charge < -0.3 is 10.1 Å². The molecule has 1 saturated carbocycles. The maximum absolute atomic E-state index is 12.8. The van der Waals surface area contributed by atoms with E-state index in [0.29, 0.717) is 12.8 Å². The van der Waals surface area contributed by atoms with Crippen LogP contribution in [0.15, 0.2) is 18.3 Å². The highest BCUT2D eigenvalue weighted by Gasteiger charge is 2.43. The number of amides is 1. The number of methoxy groups -OCH3 is 1. The summed E-state index contributed by atoms with van der Waals surface area (Å²) in [6.45, 7) is 0. The molecule has 5 nitrogen and oxygen atoms in total. The van der Waals surface area contributed by atoms with Crippen molar-refractivity contribution in [1.29, 1.82) is 0 Å². The van der Waals surface area contributed by atoms with Crippen molar-refractivity contribution in [1.82, 2.24) is 4.98 Å². The number of pyridine rings is 1. The Morgan fingerprint density at radius 3 is 2.74 bits per heavy atom. The SMILES string of the molecule is COC(=O)c1ccnc(NC(=O)C2CCCC(C(F)(F)F)C2)c1. The van der Waals surface area contributed by atoms with Crippen molar-refractivity contribution >= 4 is 17.7 Å². The summed E-state index contributed by atoms with van der Waals surface area (Å²) < 4.78 is 42.9. The van der Waals surface area contributed by atoms with Crippen molar-refractivity contribution < 1.29 is 27.5 Å². The number of hydrogen-bond donors (Lipinski definition) is 1. The molecule has 1 N–H and O–H groups in total. The molecule has 0 aliphatic heterocycles. The van der Waals surface area contributed by atoms with Gasteiger partial charge in [0.25, 0.3) is 0 Å². The number of ether oxygens (including phenoxy) is 1. The first-order valence-corrected chi connectivity index (χ1v) is 7.23. The van der Waals surface area contributed by atoms with Gasteiger partial charge in [-0.2, -0.15) is 13.2 Å². The van der Waals surface area contributed by atoms with E-state index in [9.17, 15) is 22.8 Å². The molecule has 1 heterocycles. The van der Waals surface area contributed by atoms with Crippen LogP contribution in [0.2, 0.25) is 0 Å². The lowest BCUT2D eigenvalue weighted by atomic mass is 9.80. The highest BCUT2D eigenvalue weighted by Crippen LogP contribution is 2.40. The molecule has 2 rings (SSSR count). The number of anilines is 1. The van der Waals surface area contributed by atoms with Gasteiger partial charge >= 0.3 is 12.1 Å². The third-order valence-corrected chi connectivity index (χ3v) is 3.94. The van der Waals surface area contributed by atoms with Gasteiger partial charge in [0.15, 0.2) is 0 Å². The van der Waals surface area contributed by atoms with E-state index in [4.69, 9.17) is 0 Å². The number of carbonyl (C=O) groups is 2. The second-order valence-corrected chi connectivity index (χ2v) is 5.51. The zero-order valence-electron chi connectivity index (χ0n) is 12.5. The smallest absolute Gasteiger partial charge is 0.391 e. The predicted molar refractivity (Wildman–Crippen MR) is 75.7 cm³/mol. The van der Waals surface area contributed by atoms with Crippen molar-refractivity contribution in [3.63, 3.8) is 0 Å². The third kappa shape index (κ3) is 4.43. The van der Waals surface area contributed by atoms with E-state index in [-0.39, 0.29) is 24.2 Å². The molecule has 0 aromatic carbocycles. The molecule has 2 atom stereocenters. The average Bonchev–Trinajstić information content (AvgIpc) is 2.53. The maximum atomic E-state index is 12.8. The van der Waals surface area contributed by atoms with E-state index in [1.165, 1.54) is 25.4 Å². The minimum absolute atomic E-state index is 0.0589. The number of nitrogens with one attached hydrogen (secondary N) is 1. The van der Waals surface area contributed by atoms with E-state index in [1.54, 1.807) is 0 Å². The van der Waals surface area contributed by atoms with Crippen LogP contribution in [0.3, 0.4) is 0 Å². The Kier molecular flexibility index (Phi) is 5.23. The Hall–Kier alpha value is -2.12. The van der Waals surface area contributed by atoms with Crippen LogP contribution in [0, 0.1) is 11.8 Å². The Bertz CT molecular complexity index is 590. The van der Waals surface area contributed by atoms with Crippen LogP contribution in [-0.2, 0) is 9.53 Å².